The van der Waals surface area contributed by atoms with E-state index in [-0.39, 0.29) is 5.54 Å². The van der Waals surface area contributed by atoms with Crippen LogP contribution in [0.3, 0.4) is 0 Å². The molecule has 1 N–H and O–H groups in total. The lowest BCUT2D eigenvalue weighted by Gasteiger charge is -2.42. The highest BCUT2D eigenvalue weighted by atomic mass is 16.1. The second-order valence-electron chi connectivity index (χ2n) is 6.54. The maximum atomic E-state index is 11.7. The van der Waals surface area contributed by atoms with Crippen molar-refractivity contribution in [1.29, 1.82) is 5.26 Å². The zero-order chi connectivity index (χ0) is 15.9. The Hall–Kier alpha value is -2.32. The molecule has 2 aliphatic heterocycles. The van der Waals surface area contributed by atoms with Gasteiger partial charge in [0.25, 0.3) is 0 Å². The molecule has 2 aromatic rings. The average Bonchev–Trinajstić information content (AvgIpc) is 3.17. The molecule has 5 nitrogen and oxygen atoms in total. The summed E-state index contributed by atoms with van der Waals surface area (Å²) in [6.45, 7) is 3.29. The second-order valence-corrected chi connectivity index (χ2v) is 6.54. The SMILES string of the molecule is N#CCCN1CCC2(C1)c1[nH]c3ccccc3c1CCN2C=O. The predicted molar refractivity (Wildman–Crippen MR) is 87.7 cm³/mol. The Kier molecular flexibility index (Phi) is 3.35. The maximum absolute atomic E-state index is 11.7. The number of carbonyl (C=O) groups excluding carboxylic acids is 1. The number of benzene rings is 1. The van der Waals surface area contributed by atoms with Gasteiger partial charge >= 0.3 is 0 Å². The number of nitrogens with one attached hydrogen (secondary N) is 1. The standard InChI is InChI=1S/C18H20N4O/c19-8-3-9-21-11-7-18(12-21)17-15(6-10-22(18)13-23)14-4-1-2-5-16(14)20-17/h1-2,4-5,13,20H,3,6-7,9-12H2. The number of hydrogen-bond donors (Lipinski definition) is 1. The highest BCUT2D eigenvalue weighted by molar-refractivity contribution is 5.85. The molecule has 1 spiro atoms. The number of rotatable bonds is 3. The van der Waals surface area contributed by atoms with Crippen molar-refractivity contribution in [3.63, 3.8) is 0 Å². The van der Waals surface area contributed by atoms with E-state index in [1.54, 1.807) is 0 Å². The topological polar surface area (TPSA) is 63.1 Å². The zero-order valence-electron chi connectivity index (χ0n) is 13.1. The minimum Gasteiger partial charge on any atom is -0.356 e. The number of hydrogen-bond acceptors (Lipinski definition) is 3. The van der Waals surface area contributed by atoms with Gasteiger partial charge in [-0.3, -0.25) is 9.69 Å². The van der Waals surface area contributed by atoms with Gasteiger partial charge in [-0.05, 0) is 24.5 Å². The molecule has 118 valence electrons. The van der Waals surface area contributed by atoms with Crippen LogP contribution in [-0.2, 0) is 16.8 Å². The lowest BCUT2D eigenvalue weighted by atomic mass is 9.84. The molecule has 4 rings (SSSR count). The van der Waals surface area contributed by atoms with Crippen LogP contribution in [0.15, 0.2) is 24.3 Å². The molecule has 1 aromatic heterocycles. The van der Waals surface area contributed by atoms with Crippen LogP contribution >= 0.6 is 0 Å². The van der Waals surface area contributed by atoms with E-state index >= 15 is 0 Å². The van der Waals surface area contributed by atoms with Crippen molar-refractivity contribution in [2.75, 3.05) is 26.2 Å². The first-order valence-corrected chi connectivity index (χ1v) is 8.20. The zero-order valence-corrected chi connectivity index (χ0v) is 13.1. The van der Waals surface area contributed by atoms with Crippen LogP contribution in [0, 0.1) is 11.3 Å². The summed E-state index contributed by atoms with van der Waals surface area (Å²) in [7, 11) is 0. The van der Waals surface area contributed by atoms with Crippen LogP contribution in [0.25, 0.3) is 10.9 Å². The number of aromatic nitrogens is 1. The molecule has 0 radical (unpaired) electrons. The molecule has 1 amide bonds. The first kappa shape index (κ1) is 14.3. The number of nitriles is 1. The van der Waals surface area contributed by atoms with Crippen molar-refractivity contribution in [3.05, 3.63) is 35.5 Å². The molecule has 23 heavy (non-hydrogen) atoms. The molecule has 1 atom stereocenters. The van der Waals surface area contributed by atoms with Crippen LogP contribution in [-0.4, -0.2) is 47.4 Å². The molecule has 5 heteroatoms. The van der Waals surface area contributed by atoms with Crippen molar-refractivity contribution >= 4 is 17.3 Å². The minimum atomic E-state index is -0.260. The number of nitrogens with zero attached hydrogens (tertiary/aromatic N) is 3. The third-order valence-electron chi connectivity index (χ3n) is 5.43. The summed E-state index contributed by atoms with van der Waals surface area (Å²) in [6, 6.07) is 10.6. The summed E-state index contributed by atoms with van der Waals surface area (Å²) in [5.41, 5.74) is 3.46. The molecular weight excluding hydrogens is 288 g/mol. The second kappa shape index (κ2) is 5.39. The van der Waals surface area contributed by atoms with Gasteiger partial charge in [-0.15, -0.1) is 0 Å². The van der Waals surface area contributed by atoms with E-state index in [0.717, 1.165) is 50.9 Å². The fraction of sp³-hybridized carbons (Fsp3) is 0.444. The normalized spacial score (nSPS) is 24.0. The smallest absolute Gasteiger partial charge is 0.210 e. The third kappa shape index (κ3) is 2.06. The Balaban J connectivity index is 1.79. The van der Waals surface area contributed by atoms with E-state index in [9.17, 15) is 4.79 Å². The highest BCUT2D eigenvalue weighted by Gasteiger charge is 2.48. The number of amides is 1. The Morgan fingerprint density at radius 3 is 3.04 bits per heavy atom. The Morgan fingerprint density at radius 1 is 1.35 bits per heavy atom. The van der Waals surface area contributed by atoms with Crippen molar-refractivity contribution in [3.8, 4) is 6.07 Å². The first-order valence-electron chi connectivity index (χ1n) is 8.20. The van der Waals surface area contributed by atoms with Gasteiger partial charge < -0.3 is 9.88 Å². The van der Waals surface area contributed by atoms with E-state index in [0.29, 0.717) is 6.42 Å². The largest absolute Gasteiger partial charge is 0.356 e. The van der Waals surface area contributed by atoms with Crippen LogP contribution in [0.5, 0.6) is 0 Å². The van der Waals surface area contributed by atoms with Gasteiger partial charge in [-0.25, -0.2) is 0 Å². The summed E-state index contributed by atoms with van der Waals surface area (Å²) in [5.74, 6) is 0. The molecule has 1 aromatic carbocycles. The third-order valence-corrected chi connectivity index (χ3v) is 5.43. The van der Waals surface area contributed by atoms with Crippen LogP contribution in [0.2, 0.25) is 0 Å². The van der Waals surface area contributed by atoms with Gasteiger partial charge in [-0.1, -0.05) is 18.2 Å². The Morgan fingerprint density at radius 2 is 2.22 bits per heavy atom. The number of carbonyl (C=O) groups is 1. The lowest BCUT2D eigenvalue weighted by molar-refractivity contribution is -0.124. The fourth-order valence-corrected chi connectivity index (χ4v) is 4.31. The number of likely N-dealkylation sites (tertiary alicyclic amines) is 1. The summed E-state index contributed by atoms with van der Waals surface area (Å²) in [6.07, 6.45) is 3.37. The molecule has 1 unspecified atom stereocenters. The summed E-state index contributed by atoms with van der Waals surface area (Å²) in [4.78, 5) is 19.6. The van der Waals surface area contributed by atoms with E-state index in [4.69, 9.17) is 5.26 Å². The minimum absolute atomic E-state index is 0.260. The summed E-state index contributed by atoms with van der Waals surface area (Å²) >= 11 is 0. The molecule has 2 aliphatic rings. The van der Waals surface area contributed by atoms with E-state index in [2.05, 4.69) is 34.2 Å². The van der Waals surface area contributed by atoms with E-state index in [1.807, 2.05) is 11.0 Å². The number of aromatic amines is 1. The molecule has 3 heterocycles. The Bertz CT molecular complexity index is 790. The van der Waals surface area contributed by atoms with Crippen LogP contribution in [0.4, 0.5) is 0 Å². The quantitative estimate of drug-likeness (QED) is 0.882. The molecular formula is C18H20N4O. The predicted octanol–water partition coefficient (Wildman–Crippen LogP) is 2.00. The monoisotopic (exact) mass is 308 g/mol. The number of fused-ring (bicyclic) bond motifs is 4. The highest BCUT2D eigenvalue weighted by Crippen LogP contribution is 2.43. The van der Waals surface area contributed by atoms with Gasteiger partial charge in [0.1, 0.15) is 0 Å². The molecule has 1 saturated heterocycles. The molecule has 0 aliphatic carbocycles. The molecule has 1 fully saturated rings. The number of H-pyrrole nitrogens is 1. The first-order chi connectivity index (χ1) is 11.3. The average molecular weight is 308 g/mol. The van der Waals surface area contributed by atoms with Crippen LogP contribution < -0.4 is 0 Å². The summed E-state index contributed by atoms with van der Waals surface area (Å²) in [5, 5.41) is 10.1. The van der Waals surface area contributed by atoms with Gasteiger partial charge in [0.2, 0.25) is 6.41 Å². The van der Waals surface area contributed by atoms with Gasteiger partial charge in [0.15, 0.2) is 0 Å². The number of para-hydroxylation sites is 1. The molecule has 0 bridgehead atoms. The maximum Gasteiger partial charge on any atom is 0.210 e. The Labute approximate surface area is 135 Å². The van der Waals surface area contributed by atoms with E-state index < -0.39 is 0 Å². The van der Waals surface area contributed by atoms with Crippen molar-refractivity contribution in [2.24, 2.45) is 0 Å². The van der Waals surface area contributed by atoms with E-state index in [1.165, 1.54) is 16.6 Å². The van der Waals surface area contributed by atoms with Crippen molar-refractivity contribution in [2.45, 2.75) is 24.8 Å². The lowest BCUT2D eigenvalue weighted by Crippen LogP contribution is -2.51. The van der Waals surface area contributed by atoms with Gasteiger partial charge in [0.05, 0.1) is 11.6 Å². The van der Waals surface area contributed by atoms with Crippen molar-refractivity contribution in [1.82, 2.24) is 14.8 Å². The summed E-state index contributed by atoms with van der Waals surface area (Å²) < 4.78 is 0. The fourth-order valence-electron chi connectivity index (χ4n) is 4.31. The molecule has 0 saturated carbocycles. The van der Waals surface area contributed by atoms with Crippen molar-refractivity contribution < 1.29 is 4.79 Å². The van der Waals surface area contributed by atoms with Crippen LogP contribution in [0.1, 0.15) is 24.1 Å². The van der Waals surface area contributed by atoms with Gasteiger partial charge in [0, 0.05) is 49.2 Å². The van der Waals surface area contributed by atoms with Gasteiger partial charge in [-0.2, -0.15) is 5.26 Å².